The Bertz CT molecular complexity index is 347. The van der Waals surface area contributed by atoms with Crippen molar-refractivity contribution in [1.82, 2.24) is 0 Å². The zero-order chi connectivity index (χ0) is 13.3. The molecule has 2 heteroatoms. The molecule has 0 saturated heterocycles. The molecule has 2 rings (SSSR count). The van der Waals surface area contributed by atoms with Gasteiger partial charge in [-0.25, -0.2) is 0 Å². The lowest BCUT2D eigenvalue weighted by molar-refractivity contribution is -0.153. The molecule has 18 heavy (non-hydrogen) atoms. The van der Waals surface area contributed by atoms with E-state index in [1.807, 2.05) is 0 Å². The Balaban J connectivity index is 2.43. The summed E-state index contributed by atoms with van der Waals surface area (Å²) in [5, 5.41) is 22.1. The van der Waals surface area contributed by atoms with Gasteiger partial charge in [0.2, 0.25) is 0 Å². The molecule has 0 aromatic heterocycles. The average molecular weight is 248 g/mol. The topological polar surface area (TPSA) is 40.5 Å². The number of hydrogen-bond donors (Lipinski definition) is 2. The van der Waals surface area contributed by atoms with Gasteiger partial charge in [0, 0.05) is 5.41 Å². The molecule has 0 aromatic carbocycles. The molecule has 0 aromatic rings. The molecule has 2 N–H and O–H groups in total. The minimum atomic E-state index is -0.822. The van der Waals surface area contributed by atoms with Crippen molar-refractivity contribution in [1.29, 1.82) is 0 Å². The Labute approximate surface area is 110 Å². The summed E-state index contributed by atoms with van der Waals surface area (Å²) in [4.78, 5) is 0. The van der Waals surface area contributed by atoms with Crippen molar-refractivity contribution >= 4 is 0 Å². The molecule has 0 aliphatic heterocycles. The first-order valence-corrected chi connectivity index (χ1v) is 6.85. The van der Waals surface area contributed by atoms with Crippen molar-refractivity contribution in [3.05, 3.63) is 37.5 Å². The van der Waals surface area contributed by atoms with Gasteiger partial charge in [-0.3, -0.25) is 0 Å². The van der Waals surface area contributed by atoms with E-state index in [1.54, 1.807) is 12.2 Å². The molecular formula is C16H24O2. The fourth-order valence-electron chi connectivity index (χ4n) is 4.08. The van der Waals surface area contributed by atoms with E-state index in [-0.39, 0.29) is 0 Å². The summed E-state index contributed by atoms with van der Waals surface area (Å²) in [5.74, 6) is 0. The van der Waals surface area contributed by atoms with Gasteiger partial charge in [-0.2, -0.15) is 0 Å². The largest absolute Gasteiger partial charge is 0.389 e. The van der Waals surface area contributed by atoms with Crippen LogP contribution in [0.25, 0.3) is 0 Å². The van der Waals surface area contributed by atoms with Gasteiger partial charge in [-0.1, -0.05) is 24.3 Å². The Hall–Kier alpha value is -0.860. The van der Waals surface area contributed by atoms with Crippen molar-refractivity contribution in [2.45, 2.75) is 56.1 Å². The summed E-state index contributed by atoms with van der Waals surface area (Å²) in [7, 11) is 0. The SMILES string of the molecule is C=CC[C@]1(O)CC[C@@](O)(CC=C)C12CC=CCC2. The first kappa shape index (κ1) is 13.6. The summed E-state index contributed by atoms with van der Waals surface area (Å²) in [6.07, 6.45) is 12.7. The van der Waals surface area contributed by atoms with Crippen LogP contribution in [0.2, 0.25) is 0 Å². The maximum absolute atomic E-state index is 11.0. The third-order valence-corrected chi connectivity index (χ3v) is 5.07. The minimum absolute atomic E-state index is 0.433. The number of hydrogen-bond acceptors (Lipinski definition) is 2. The molecule has 2 atom stereocenters. The summed E-state index contributed by atoms with van der Waals surface area (Å²) in [6, 6.07) is 0. The zero-order valence-electron chi connectivity index (χ0n) is 11.1. The molecule has 0 heterocycles. The number of rotatable bonds is 4. The van der Waals surface area contributed by atoms with Crippen LogP contribution in [0.5, 0.6) is 0 Å². The number of allylic oxidation sites excluding steroid dienone is 2. The van der Waals surface area contributed by atoms with Crippen molar-refractivity contribution in [2.24, 2.45) is 5.41 Å². The van der Waals surface area contributed by atoms with Crippen molar-refractivity contribution in [3.63, 3.8) is 0 Å². The molecule has 0 radical (unpaired) electrons. The predicted molar refractivity (Wildman–Crippen MR) is 74.2 cm³/mol. The lowest BCUT2D eigenvalue weighted by Gasteiger charge is -2.50. The van der Waals surface area contributed by atoms with E-state index in [4.69, 9.17) is 0 Å². The van der Waals surface area contributed by atoms with Gasteiger partial charge in [-0.15, -0.1) is 13.2 Å². The summed E-state index contributed by atoms with van der Waals surface area (Å²) in [5.41, 5.74) is -2.08. The molecule has 100 valence electrons. The molecule has 0 amide bonds. The predicted octanol–water partition coefficient (Wildman–Crippen LogP) is 3.12. The lowest BCUT2D eigenvalue weighted by atomic mass is 9.59. The highest BCUT2D eigenvalue weighted by atomic mass is 16.3. The van der Waals surface area contributed by atoms with Gasteiger partial charge < -0.3 is 10.2 Å². The summed E-state index contributed by atoms with van der Waals surface area (Å²) >= 11 is 0. The molecule has 2 aliphatic rings. The quantitative estimate of drug-likeness (QED) is 0.750. The molecule has 1 spiro atoms. The molecule has 1 saturated carbocycles. The first-order chi connectivity index (χ1) is 8.54. The fourth-order valence-corrected chi connectivity index (χ4v) is 4.08. The Morgan fingerprint density at radius 3 is 1.89 bits per heavy atom. The van der Waals surface area contributed by atoms with Crippen LogP contribution in [-0.4, -0.2) is 21.4 Å². The van der Waals surface area contributed by atoms with Crippen LogP contribution in [0.15, 0.2) is 37.5 Å². The van der Waals surface area contributed by atoms with Crippen molar-refractivity contribution in [2.75, 3.05) is 0 Å². The standard InChI is InChI=1S/C16H24O2/c1-3-8-15(17)12-13-16(18,9-4-2)14(15)10-6-5-7-11-14/h3-6,17-18H,1-2,7-13H2/t15-,16-/m0/s1. The van der Waals surface area contributed by atoms with Crippen molar-refractivity contribution < 1.29 is 10.2 Å². The van der Waals surface area contributed by atoms with Crippen LogP contribution in [0.1, 0.15) is 44.9 Å². The van der Waals surface area contributed by atoms with Crippen molar-refractivity contribution in [3.8, 4) is 0 Å². The maximum Gasteiger partial charge on any atom is 0.0769 e. The Morgan fingerprint density at radius 1 is 0.944 bits per heavy atom. The van der Waals surface area contributed by atoms with Gasteiger partial charge >= 0.3 is 0 Å². The van der Waals surface area contributed by atoms with Crippen LogP contribution in [-0.2, 0) is 0 Å². The van der Waals surface area contributed by atoms with E-state index in [2.05, 4.69) is 25.3 Å². The third-order valence-electron chi connectivity index (χ3n) is 5.07. The normalized spacial score (nSPS) is 37.9. The van der Waals surface area contributed by atoms with E-state index in [9.17, 15) is 10.2 Å². The van der Waals surface area contributed by atoms with E-state index in [0.717, 1.165) is 19.3 Å². The molecule has 0 bridgehead atoms. The van der Waals surface area contributed by atoms with Crippen LogP contribution in [0, 0.1) is 5.41 Å². The second kappa shape index (κ2) is 4.67. The highest BCUT2D eigenvalue weighted by molar-refractivity contribution is 5.22. The van der Waals surface area contributed by atoms with Gasteiger partial charge in [0.25, 0.3) is 0 Å². The van der Waals surface area contributed by atoms with Gasteiger partial charge in [0.1, 0.15) is 0 Å². The minimum Gasteiger partial charge on any atom is -0.389 e. The lowest BCUT2D eigenvalue weighted by Crippen LogP contribution is -2.55. The molecule has 2 aliphatic carbocycles. The van der Waals surface area contributed by atoms with Gasteiger partial charge in [0.05, 0.1) is 11.2 Å². The highest BCUT2D eigenvalue weighted by Gasteiger charge is 2.64. The third kappa shape index (κ3) is 1.70. The van der Waals surface area contributed by atoms with Crippen LogP contribution >= 0.6 is 0 Å². The Morgan fingerprint density at radius 2 is 1.50 bits per heavy atom. The highest BCUT2D eigenvalue weighted by Crippen LogP contribution is 2.61. The van der Waals surface area contributed by atoms with E-state index in [0.29, 0.717) is 25.7 Å². The van der Waals surface area contributed by atoms with Crippen LogP contribution < -0.4 is 0 Å². The van der Waals surface area contributed by atoms with Crippen LogP contribution in [0.4, 0.5) is 0 Å². The molecule has 2 nitrogen and oxygen atoms in total. The van der Waals surface area contributed by atoms with E-state index >= 15 is 0 Å². The smallest absolute Gasteiger partial charge is 0.0769 e. The second-order valence-electron chi connectivity index (χ2n) is 5.85. The van der Waals surface area contributed by atoms with Crippen LogP contribution in [0.3, 0.4) is 0 Å². The molecule has 0 unspecified atom stereocenters. The maximum atomic E-state index is 11.0. The Kier molecular flexibility index (Phi) is 3.52. The van der Waals surface area contributed by atoms with Gasteiger partial charge in [0.15, 0.2) is 0 Å². The fraction of sp³-hybridized carbons (Fsp3) is 0.625. The zero-order valence-corrected chi connectivity index (χ0v) is 11.1. The monoisotopic (exact) mass is 248 g/mol. The summed E-state index contributed by atoms with van der Waals surface area (Å²) < 4.78 is 0. The summed E-state index contributed by atoms with van der Waals surface area (Å²) in [6.45, 7) is 7.52. The first-order valence-electron chi connectivity index (χ1n) is 6.85. The number of aliphatic hydroxyl groups is 2. The van der Waals surface area contributed by atoms with E-state index < -0.39 is 16.6 Å². The van der Waals surface area contributed by atoms with Gasteiger partial charge in [-0.05, 0) is 44.9 Å². The molecular weight excluding hydrogens is 224 g/mol. The second-order valence-corrected chi connectivity index (χ2v) is 5.85. The average Bonchev–Trinajstić information content (AvgIpc) is 2.55. The van der Waals surface area contributed by atoms with E-state index in [1.165, 1.54) is 0 Å². The molecule has 1 fully saturated rings.